The number of hydrogen-bond acceptors (Lipinski definition) is 5. The normalized spacial score (nSPS) is 16.4. The number of aryl methyl sites for hydroxylation is 2. The predicted molar refractivity (Wildman–Crippen MR) is 91.3 cm³/mol. The third-order valence-corrected chi connectivity index (χ3v) is 4.24. The molecule has 0 bridgehead atoms. The second-order valence-corrected chi connectivity index (χ2v) is 6.29. The molecule has 1 N–H and O–H groups in total. The van der Waals surface area contributed by atoms with Gasteiger partial charge in [0.15, 0.2) is 0 Å². The number of amides is 1. The van der Waals surface area contributed by atoms with Gasteiger partial charge in [0.2, 0.25) is 5.95 Å². The summed E-state index contributed by atoms with van der Waals surface area (Å²) in [4.78, 5) is 35.2. The lowest BCUT2D eigenvalue weighted by Crippen LogP contribution is -2.41. The van der Waals surface area contributed by atoms with E-state index in [4.69, 9.17) is 0 Å². The van der Waals surface area contributed by atoms with Crippen LogP contribution in [-0.2, 0) is 19.9 Å². The fourth-order valence-corrected chi connectivity index (χ4v) is 2.87. The molecule has 0 radical (unpaired) electrons. The molecule has 7 nitrogen and oxygen atoms in total. The van der Waals surface area contributed by atoms with Gasteiger partial charge in [-0.05, 0) is 37.0 Å². The molecule has 0 saturated heterocycles. The Bertz CT molecular complexity index is 828. The fourth-order valence-electron chi connectivity index (χ4n) is 2.87. The SMILES string of the molecule is CN(C)c1ncc2c(n1)CC[C@H](NC(=O)c1cccn(C)c1=O)C2. The van der Waals surface area contributed by atoms with Gasteiger partial charge in [-0.1, -0.05) is 0 Å². The lowest BCUT2D eigenvalue weighted by Gasteiger charge is -2.25. The number of carbonyl (C=O) groups is 1. The molecule has 1 amide bonds. The van der Waals surface area contributed by atoms with E-state index >= 15 is 0 Å². The van der Waals surface area contributed by atoms with Crippen molar-refractivity contribution >= 4 is 11.9 Å². The van der Waals surface area contributed by atoms with Crippen molar-refractivity contribution in [2.24, 2.45) is 7.05 Å². The molecular formula is C17H21N5O2. The zero-order valence-electron chi connectivity index (χ0n) is 14.1. The Balaban J connectivity index is 1.73. The highest BCUT2D eigenvalue weighted by Crippen LogP contribution is 2.21. The number of hydrogen-bond donors (Lipinski definition) is 1. The Labute approximate surface area is 140 Å². The number of nitrogens with one attached hydrogen (secondary N) is 1. The van der Waals surface area contributed by atoms with Crippen molar-refractivity contribution in [3.05, 3.63) is 51.7 Å². The number of carbonyl (C=O) groups excluding carboxylic acids is 1. The highest BCUT2D eigenvalue weighted by molar-refractivity contribution is 5.94. The van der Waals surface area contributed by atoms with Gasteiger partial charge in [-0.25, -0.2) is 9.97 Å². The lowest BCUT2D eigenvalue weighted by molar-refractivity contribution is 0.0931. The first kappa shape index (κ1) is 16.2. The second-order valence-electron chi connectivity index (χ2n) is 6.29. The van der Waals surface area contributed by atoms with Gasteiger partial charge in [0, 0.05) is 45.3 Å². The number of aromatic nitrogens is 3. The van der Waals surface area contributed by atoms with Crippen LogP contribution >= 0.6 is 0 Å². The maximum absolute atomic E-state index is 12.4. The molecule has 126 valence electrons. The van der Waals surface area contributed by atoms with Gasteiger partial charge in [0.05, 0.1) is 0 Å². The Hall–Kier alpha value is -2.70. The first-order valence-electron chi connectivity index (χ1n) is 7.94. The summed E-state index contributed by atoms with van der Waals surface area (Å²) in [5.41, 5.74) is 1.98. The fraction of sp³-hybridized carbons (Fsp3) is 0.412. The molecule has 2 aromatic rings. The number of rotatable bonds is 3. The van der Waals surface area contributed by atoms with Gasteiger partial charge < -0.3 is 14.8 Å². The quantitative estimate of drug-likeness (QED) is 0.889. The van der Waals surface area contributed by atoms with Gasteiger partial charge in [-0.3, -0.25) is 9.59 Å². The van der Waals surface area contributed by atoms with Crippen molar-refractivity contribution in [2.45, 2.75) is 25.3 Å². The second kappa shape index (κ2) is 6.43. The zero-order chi connectivity index (χ0) is 17.3. The van der Waals surface area contributed by atoms with E-state index in [1.54, 1.807) is 25.4 Å². The van der Waals surface area contributed by atoms with Crippen LogP contribution in [-0.4, -0.2) is 40.6 Å². The Kier molecular flexibility index (Phi) is 4.33. The highest BCUT2D eigenvalue weighted by Gasteiger charge is 2.23. The molecule has 7 heteroatoms. The molecule has 3 rings (SSSR count). The number of pyridine rings is 1. The Morgan fingerprint density at radius 1 is 1.42 bits per heavy atom. The molecule has 24 heavy (non-hydrogen) atoms. The summed E-state index contributed by atoms with van der Waals surface area (Å²) < 4.78 is 1.40. The maximum atomic E-state index is 12.4. The molecular weight excluding hydrogens is 306 g/mol. The smallest absolute Gasteiger partial charge is 0.263 e. The van der Waals surface area contributed by atoms with Crippen molar-refractivity contribution in [3.63, 3.8) is 0 Å². The van der Waals surface area contributed by atoms with E-state index in [0.29, 0.717) is 12.4 Å². The van der Waals surface area contributed by atoms with Crippen LogP contribution in [0.5, 0.6) is 0 Å². The molecule has 0 spiro atoms. The minimum atomic E-state index is -0.324. The van der Waals surface area contributed by atoms with E-state index in [-0.39, 0.29) is 23.1 Å². The number of nitrogens with zero attached hydrogens (tertiary/aromatic N) is 4. The van der Waals surface area contributed by atoms with Crippen molar-refractivity contribution in [1.29, 1.82) is 0 Å². The van der Waals surface area contributed by atoms with Crippen molar-refractivity contribution in [2.75, 3.05) is 19.0 Å². The lowest BCUT2D eigenvalue weighted by atomic mass is 9.92. The van der Waals surface area contributed by atoms with E-state index in [1.165, 1.54) is 4.57 Å². The first-order chi connectivity index (χ1) is 11.5. The van der Waals surface area contributed by atoms with Crippen molar-refractivity contribution < 1.29 is 4.79 Å². The van der Waals surface area contributed by atoms with Gasteiger partial charge in [0.25, 0.3) is 11.5 Å². The average Bonchev–Trinajstić information content (AvgIpc) is 2.56. The molecule has 1 aliphatic carbocycles. The molecule has 0 unspecified atom stereocenters. The minimum Gasteiger partial charge on any atom is -0.349 e. The van der Waals surface area contributed by atoms with Crippen LogP contribution in [0, 0.1) is 0 Å². The monoisotopic (exact) mass is 327 g/mol. The summed E-state index contributed by atoms with van der Waals surface area (Å²) in [6.07, 6.45) is 5.74. The summed E-state index contributed by atoms with van der Waals surface area (Å²) >= 11 is 0. The summed E-state index contributed by atoms with van der Waals surface area (Å²) in [5.74, 6) is 0.375. The van der Waals surface area contributed by atoms with Crippen LogP contribution in [0.1, 0.15) is 28.0 Å². The molecule has 1 atom stereocenters. The number of fused-ring (bicyclic) bond motifs is 1. The van der Waals surface area contributed by atoms with E-state index in [2.05, 4.69) is 15.3 Å². The van der Waals surface area contributed by atoms with E-state index in [0.717, 1.165) is 24.1 Å². The van der Waals surface area contributed by atoms with Crippen LogP contribution < -0.4 is 15.8 Å². The highest BCUT2D eigenvalue weighted by atomic mass is 16.2. The molecule has 0 saturated carbocycles. The predicted octanol–water partition coefficient (Wildman–Crippen LogP) is 0.529. The maximum Gasteiger partial charge on any atom is 0.263 e. The summed E-state index contributed by atoms with van der Waals surface area (Å²) in [6, 6.07) is 3.24. The molecule has 0 aromatic carbocycles. The Morgan fingerprint density at radius 2 is 2.21 bits per heavy atom. The van der Waals surface area contributed by atoms with Crippen LogP contribution in [0.25, 0.3) is 0 Å². The van der Waals surface area contributed by atoms with E-state index in [1.807, 2.05) is 25.2 Å². The van der Waals surface area contributed by atoms with Crippen molar-refractivity contribution in [3.8, 4) is 0 Å². The van der Waals surface area contributed by atoms with Gasteiger partial charge in [-0.2, -0.15) is 0 Å². The molecule has 0 aliphatic heterocycles. The minimum absolute atomic E-state index is 0.0104. The third kappa shape index (κ3) is 3.15. The first-order valence-corrected chi connectivity index (χ1v) is 7.94. The van der Waals surface area contributed by atoms with Gasteiger partial charge >= 0.3 is 0 Å². The van der Waals surface area contributed by atoms with Crippen molar-refractivity contribution in [1.82, 2.24) is 19.9 Å². The van der Waals surface area contributed by atoms with E-state index < -0.39 is 0 Å². The molecule has 0 fully saturated rings. The zero-order valence-corrected chi connectivity index (χ0v) is 14.1. The van der Waals surface area contributed by atoms with Gasteiger partial charge in [-0.15, -0.1) is 0 Å². The van der Waals surface area contributed by atoms with Crippen LogP contribution in [0.2, 0.25) is 0 Å². The summed E-state index contributed by atoms with van der Waals surface area (Å²) in [6.45, 7) is 0. The topological polar surface area (TPSA) is 80.1 Å². The summed E-state index contributed by atoms with van der Waals surface area (Å²) in [7, 11) is 5.46. The molecule has 1 aliphatic rings. The molecule has 2 aromatic heterocycles. The van der Waals surface area contributed by atoms with Crippen LogP contribution in [0.4, 0.5) is 5.95 Å². The Morgan fingerprint density at radius 3 is 2.96 bits per heavy atom. The van der Waals surface area contributed by atoms with Crippen LogP contribution in [0.15, 0.2) is 29.3 Å². The molecule has 2 heterocycles. The summed E-state index contributed by atoms with van der Waals surface area (Å²) in [5, 5.41) is 2.96. The average molecular weight is 327 g/mol. The van der Waals surface area contributed by atoms with Gasteiger partial charge in [0.1, 0.15) is 5.56 Å². The largest absolute Gasteiger partial charge is 0.349 e. The standard InChI is InChI=1S/C17H21N5O2/c1-21(2)17-18-10-11-9-12(6-7-14(11)20-17)19-15(23)13-5-4-8-22(3)16(13)24/h4-5,8,10,12H,6-7,9H2,1-3H3,(H,19,23)/t12-/m0/s1. The van der Waals surface area contributed by atoms with Crippen LogP contribution in [0.3, 0.4) is 0 Å². The van der Waals surface area contributed by atoms with E-state index in [9.17, 15) is 9.59 Å². The number of anilines is 1. The third-order valence-electron chi connectivity index (χ3n) is 4.24.